The smallest absolute Gasteiger partial charge is 0.394 e. The molecule has 0 saturated heterocycles. The lowest BCUT2D eigenvalue weighted by atomic mass is 10.2. The topological polar surface area (TPSA) is 115 Å². The Labute approximate surface area is 135 Å². The fourth-order valence-electron chi connectivity index (χ4n) is 2.09. The molecule has 4 N–H and O–H groups in total. The van der Waals surface area contributed by atoms with Gasteiger partial charge in [-0.05, 0) is 24.3 Å². The van der Waals surface area contributed by atoms with E-state index in [1.165, 1.54) is 0 Å². The minimum absolute atomic E-state index is 0.406. The summed E-state index contributed by atoms with van der Waals surface area (Å²) >= 11 is 0. The number of hydrogen-bond acceptors (Lipinski definition) is 4. The molecule has 0 bridgehead atoms. The Morgan fingerprint density at radius 2 is 1.26 bits per heavy atom. The first-order valence-electron chi connectivity index (χ1n) is 6.60. The molecular formula is C16H15O6S+. The van der Waals surface area contributed by atoms with Crippen molar-refractivity contribution in [2.45, 2.75) is 20.8 Å². The summed E-state index contributed by atoms with van der Waals surface area (Å²) in [7, 11) is -1.61. The summed E-state index contributed by atoms with van der Waals surface area (Å²) in [5, 5.41) is 39.1. The summed E-state index contributed by atoms with van der Waals surface area (Å²) in [6.07, 6.45) is -2.48. The van der Waals surface area contributed by atoms with Crippen molar-refractivity contribution >= 4 is 22.8 Å². The van der Waals surface area contributed by atoms with Crippen LogP contribution in [0.5, 0.6) is 0 Å². The molecule has 0 aromatic heterocycles. The second-order valence-electron chi connectivity index (χ2n) is 4.67. The number of carboxylic acid groups (broad SMARTS) is 2. The first-order valence-corrected chi connectivity index (χ1v) is 7.82. The van der Waals surface area contributed by atoms with Gasteiger partial charge in [0, 0.05) is 0 Å². The molecular weight excluding hydrogens is 320 g/mol. The predicted octanol–water partition coefficient (Wildman–Crippen LogP) is 0.942. The highest BCUT2D eigenvalue weighted by atomic mass is 32.2. The molecule has 2 rings (SSSR count). The quantitative estimate of drug-likeness (QED) is 0.584. The molecule has 120 valence electrons. The second kappa shape index (κ2) is 6.82. The SMILES string of the molecule is O=C(O)C(O)C(O)(C(=O)O)[S+](c1ccccc1)c1ccccc1. The Kier molecular flexibility index (Phi) is 5.05. The Morgan fingerprint density at radius 1 is 0.870 bits per heavy atom. The maximum absolute atomic E-state index is 11.7. The number of carbonyl (C=O) groups is 2. The van der Waals surface area contributed by atoms with E-state index in [2.05, 4.69) is 0 Å². The summed E-state index contributed by atoms with van der Waals surface area (Å²) in [5.41, 5.74) is 0. The van der Waals surface area contributed by atoms with Crippen molar-refractivity contribution in [1.82, 2.24) is 0 Å². The molecule has 0 spiro atoms. The minimum Gasteiger partial charge on any atom is -0.479 e. The maximum Gasteiger partial charge on any atom is 0.394 e. The van der Waals surface area contributed by atoms with Gasteiger partial charge in [-0.25, -0.2) is 9.59 Å². The zero-order chi connectivity index (χ0) is 17.0. The highest BCUT2D eigenvalue weighted by Crippen LogP contribution is 2.36. The van der Waals surface area contributed by atoms with Crippen LogP contribution in [0.3, 0.4) is 0 Å². The highest BCUT2D eigenvalue weighted by molar-refractivity contribution is 7.99. The average Bonchev–Trinajstić information content (AvgIpc) is 2.55. The van der Waals surface area contributed by atoms with Crippen LogP contribution in [0.15, 0.2) is 70.5 Å². The van der Waals surface area contributed by atoms with Gasteiger partial charge in [0.1, 0.15) is 10.9 Å². The van der Waals surface area contributed by atoms with Crippen LogP contribution in [0.1, 0.15) is 0 Å². The lowest BCUT2D eigenvalue weighted by Crippen LogP contribution is -2.58. The second-order valence-corrected chi connectivity index (χ2v) is 6.85. The summed E-state index contributed by atoms with van der Waals surface area (Å²) in [6, 6.07) is 16.3. The molecule has 0 aliphatic rings. The largest absolute Gasteiger partial charge is 0.479 e. The van der Waals surface area contributed by atoms with E-state index < -0.39 is 33.9 Å². The van der Waals surface area contributed by atoms with E-state index in [0.717, 1.165) is 0 Å². The summed E-state index contributed by atoms with van der Waals surface area (Å²) in [4.78, 5) is 20.8. The molecule has 2 aromatic carbocycles. The number of benzene rings is 2. The molecule has 2 atom stereocenters. The van der Waals surface area contributed by atoms with Crippen LogP contribution in [0.25, 0.3) is 0 Å². The van der Waals surface area contributed by atoms with Gasteiger partial charge in [-0.1, -0.05) is 36.4 Å². The Hall–Kier alpha value is -2.35. The van der Waals surface area contributed by atoms with E-state index in [9.17, 15) is 24.9 Å². The van der Waals surface area contributed by atoms with Gasteiger partial charge in [-0.15, -0.1) is 0 Å². The normalized spacial score (nSPS) is 14.9. The van der Waals surface area contributed by atoms with Crippen LogP contribution >= 0.6 is 0 Å². The van der Waals surface area contributed by atoms with Crippen molar-refractivity contribution < 1.29 is 30.0 Å². The first kappa shape index (κ1) is 17.0. The molecule has 0 fully saturated rings. The molecule has 0 aliphatic heterocycles. The van der Waals surface area contributed by atoms with Crippen molar-refractivity contribution in [1.29, 1.82) is 0 Å². The van der Waals surface area contributed by atoms with Gasteiger partial charge in [0.25, 0.3) is 0 Å². The number of rotatable bonds is 6. The Bertz CT molecular complexity index is 651. The number of carboxylic acids is 2. The number of aliphatic hydroxyl groups is 2. The van der Waals surface area contributed by atoms with Gasteiger partial charge in [0.05, 0.1) is 0 Å². The third-order valence-corrected chi connectivity index (χ3v) is 5.69. The van der Waals surface area contributed by atoms with Gasteiger partial charge in [-0.2, -0.15) is 0 Å². The van der Waals surface area contributed by atoms with Gasteiger partial charge < -0.3 is 20.4 Å². The molecule has 6 nitrogen and oxygen atoms in total. The van der Waals surface area contributed by atoms with Crippen molar-refractivity contribution in [3.05, 3.63) is 60.7 Å². The monoisotopic (exact) mass is 335 g/mol. The van der Waals surface area contributed by atoms with Crippen LogP contribution in [0.4, 0.5) is 0 Å². The van der Waals surface area contributed by atoms with Gasteiger partial charge >= 0.3 is 16.9 Å². The molecule has 0 aliphatic carbocycles. The maximum atomic E-state index is 11.7. The van der Waals surface area contributed by atoms with Crippen LogP contribution in [0.2, 0.25) is 0 Å². The summed E-state index contributed by atoms with van der Waals surface area (Å²) in [5.74, 6) is -3.61. The number of aliphatic carboxylic acids is 2. The van der Waals surface area contributed by atoms with Crippen LogP contribution in [-0.4, -0.2) is 43.4 Å². The van der Waals surface area contributed by atoms with Gasteiger partial charge in [0.15, 0.2) is 9.79 Å². The molecule has 0 radical (unpaired) electrons. The minimum atomic E-state index is -2.89. The standard InChI is InChI=1S/C16H14O6S/c17-13(14(18)19)16(22,15(20)21)23(11-7-3-1-4-8-11)12-9-5-2-6-10-12/h1-10,13,17,22H,(H-,18,19,20,21)/p+1. The van der Waals surface area contributed by atoms with Crippen molar-refractivity contribution in [3.8, 4) is 0 Å². The highest BCUT2D eigenvalue weighted by Gasteiger charge is 2.64. The third-order valence-electron chi connectivity index (χ3n) is 3.18. The molecule has 7 heteroatoms. The average molecular weight is 335 g/mol. The van der Waals surface area contributed by atoms with Crippen LogP contribution < -0.4 is 0 Å². The van der Waals surface area contributed by atoms with E-state index in [1.807, 2.05) is 0 Å². The Balaban J connectivity index is 2.69. The molecule has 0 amide bonds. The molecule has 0 saturated carbocycles. The van der Waals surface area contributed by atoms with E-state index >= 15 is 0 Å². The van der Waals surface area contributed by atoms with Crippen LogP contribution in [-0.2, 0) is 20.5 Å². The van der Waals surface area contributed by atoms with E-state index in [-0.39, 0.29) is 0 Å². The van der Waals surface area contributed by atoms with Gasteiger partial charge in [0.2, 0.25) is 6.10 Å². The Morgan fingerprint density at radius 3 is 1.57 bits per heavy atom. The lowest BCUT2D eigenvalue weighted by Gasteiger charge is -2.25. The number of hydrogen-bond donors (Lipinski definition) is 4. The van der Waals surface area contributed by atoms with E-state index in [0.29, 0.717) is 9.79 Å². The third kappa shape index (κ3) is 3.21. The van der Waals surface area contributed by atoms with Crippen molar-refractivity contribution in [2.75, 3.05) is 0 Å². The van der Waals surface area contributed by atoms with E-state index in [1.54, 1.807) is 60.7 Å². The van der Waals surface area contributed by atoms with E-state index in [4.69, 9.17) is 5.11 Å². The lowest BCUT2D eigenvalue weighted by molar-refractivity contribution is -0.170. The van der Waals surface area contributed by atoms with Crippen molar-refractivity contribution in [2.24, 2.45) is 0 Å². The zero-order valence-corrected chi connectivity index (χ0v) is 12.7. The molecule has 2 unspecified atom stereocenters. The zero-order valence-electron chi connectivity index (χ0n) is 11.9. The van der Waals surface area contributed by atoms with Gasteiger partial charge in [-0.3, -0.25) is 0 Å². The number of aliphatic hydroxyl groups excluding tert-OH is 1. The summed E-state index contributed by atoms with van der Waals surface area (Å²) < 4.78 is 0. The van der Waals surface area contributed by atoms with Crippen LogP contribution in [0, 0.1) is 0 Å². The van der Waals surface area contributed by atoms with Crippen molar-refractivity contribution in [3.63, 3.8) is 0 Å². The molecule has 0 heterocycles. The fraction of sp³-hybridized carbons (Fsp3) is 0.125. The molecule has 2 aromatic rings. The first-order chi connectivity index (χ1) is 10.9. The summed E-state index contributed by atoms with van der Waals surface area (Å²) in [6.45, 7) is 0. The predicted molar refractivity (Wildman–Crippen MR) is 83.0 cm³/mol. The molecule has 23 heavy (non-hydrogen) atoms. The fourth-order valence-corrected chi connectivity index (χ4v) is 4.44.